The van der Waals surface area contributed by atoms with Crippen LogP contribution in [0.25, 0.3) is 10.9 Å². The predicted molar refractivity (Wildman–Crippen MR) is 64.6 cm³/mol. The van der Waals surface area contributed by atoms with Gasteiger partial charge in [0.05, 0.1) is 18.6 Å². The molecule has 1 N–H and O–H groups in total. The fraction of sp³-hybridized carbons (Fsp3) is 0.0833. The number of halogens is 1. The second-order valence-electron chi connectivity index (χ2n) is 3.68. The molecule has 0 amide bonds. The third kappa shape index (κ3) is 1.49. The van der Waals surface area contributed by atoms with Crippen LogP contribution >= 0.6 is 11.6 Å². The summed E-state index contributed by atoms with van der Waals surface area (Å²) in [6.07, 6.45) is 5.62. The van der Waals surface area contributed by atoms with Gasteiger partial charge in [0.15, 0.2) is 0 Å². The molecule has 0 aliphatic rings. The van der Waals surface area contributed by atoms with Crippen molar-refractivity contribution in [3.8, 4) is 0 Å². The van der Waals surface area contributed by atoms with E-state index >= 15 is 0 Å². The lowest BCUT2D eigenvalue weighted by Gasteiger charge is -2.02. The Labute approximate surface area is 97.7 Å². The third-order valence-corrected chi connectivity index (χ3v) is 2.98. The Balaban J connectivity index is 2.08. The van der Waals surface area contributed by atoms with Gasteiger partial charge < -0.3 is 9.55 Å². The van der Waals surface area contributed by atoms with Crippen LogP contribution in [0.15, 0.2) is 43.0 Å². The number of nitrogens with one attached hydrogen (secondary N) is 1. The molecular weight excluding hydrogens is 222 g/mol. The van der Waals surface area contributed by atoms with Gasteiger partial charge in [0.2, 0.25) is 0 Å². The van der Waals surface area contributed by atoms with Gasteiger partial charge in [-0.05, 0) is 18.2 Å². The first-order valence-electron chi connectivity index (χ1n) is 5.05. The zero-order valence-electron chi connectivity index (χ0n) is 8.52. The van der Waals surface area contributed by atoms with Crippen molar-refractivity contribution >= 4 is 22.5 Å². The molecule has 0 saturated heterocycles. The molecule has 0 atom stereocenters. The number of H-pyrrole nitrogens is 1. The molecule has 16 heavy (non-hydrogen) atoms. The van der Waals surface area contributed by atoms with E-state index in [0.29, 0.717) is 0 Å². The van der Waals surface area contributed by atoms with E-state index in [1.165, 1.54) is 0 Å². The molecule has 1 aromatic carbocycles. The molecule has 3 nitrogen and oxygen atoms in total. The first-order valence-corrected chi connectivity index (χ1v) is 5.43. The Hall–Kier alpha value is -1.74. The van der Waals surface area contributed by atoms with E-state index in [4.69, 9.17) is 11.6 Å². The van der Waals surface area contributed by atoms with Crippen LogP contribution in [0.5, 0.6) is 0 Å². The molecule has 2 aromatic heterocycles. The van der Waals surface area contributed by atoms with Crippen LogP contribution in [0.2, 0.25) is 5.02 Å². The van der Waals surface area contributed by atoms with Crippen molar-refractivity contribution < 1.29 is 0 Å². The second-order valence-corrected chi connectivity index (χ2v) is 4.08. The monoisotopic (exact) mass is 231 g/mol. The minimum absolute atomic E-state index is 0.757. The van der Waals surface area contributed by atoms with E-state index in [2.05, 4.69) is 20.6 Å². The molecule has 3 rings (SSSR count). The van der Waals surface area contributed by atoms with Crippen LogP contribution in [0.3, 0.4) is 0 Å². The van der Waals surface area contributed by atoms with Crippen LogP contribution in [0.1, 0.15) is 5.69 Å². The number of aromatic nitrogens is 3. The van der Waals surface area contributed by atoms with E-state index in [9.17, 15) is 0 Å². The summed E-state index contributed by atoms with van der Waals surface area (Å²) in [7, 11) is 0. The summed E-state index contributed by atoms with van der Waals surface area (Å²) in [5, 5.41) is 1.87. The molecular formula is C12H10ClN3. The summed E-state index contributed by atoms with van der Waals surface area (Å²) in [6, 6.07) is 7.96. The summed E-state index contributed by atoms with van der Waals surface area (Å²) < 4.78 is 2.14. The van der Waals surface area contributed by atoms with E-state index < -0.39 is 0 Å². The van der Waals surface area contributed by atoms with Crippen molar-refractivity contribution in [3.05, 3.63) is 53.7 Å². The Morgan fingerprint density at radius 1 is 1.31 bits per heavy atom. The summed E-state index contributed by atoms with van der Waals surface area (Å²) in [4.78, 5) is 7.16. The van der Waals surface area contributed by atoms with Crippen molar-refractivity contribution in [2.24, 2.45) is 0 Å². The number of aromatic amines is 1. The molecule has 4 heteroatoms. The SMILES string of the molecule is Clc1cccc2c1ccn2Cc1c[nH]cn1. The van der Waals surface area contributed by atoms with Crippen LogP contribution in [0, 0.1) is 0 Å². The predicted octanol–water partition coefficient (Wildman–Crippen LogP) is 3.07. The highest BCUT2D eigenvalue weighted by Crippen LogP contribution is 2.24. The van der Waals surface area contributed by atoms with Gasteiger partial charge in [0.25, 0.3) is 0 Å². The lowest BCUT2D eigenvalue weighted by Crippen LogP contribution is -1.97. The van der Waals surface area contributed by atoms with Gasteiger partial charge >= 0.3 is 0 Å². The van der Waals surface area contributed by atoms with Gasteiger partial charge in [0, 0.05) is 28.3 Å². The molecule has 80 valence electrons. The Kier molecular flexibility index (Phi) is 2.18. The van der Waals surface area contributed by atoms with Crippen LogP contribution in [-0.4, -0.2) is 14.5 Å². The number of benzene rings is 1. The average molecular weight is 232 g/mol. The summed E-state index contributed by atoms with van der Waals surface area (Å²) in [6.45, 7) is 0.757. The van der Waals surface area contributed by atoms with Gasteiger partial charge in [-0.1, -0.05) is 17.7 Å². The molecule has 0 unspecified atom stereocenters. The molecule has 0 bridgehead atoms. The molecule has 0 fully saturated rings. The number of fused-ring (bicyclic) bond motifs is 1. The van der Waals surface area contributed by atoms with Gasteiger partial charge in [-0.3, -0.25) is 0 Å². The van der Waals surface area contributed by atoms with E-state index in [0.717, 1.165) is 28.2 Å². The minimum atomic E-state index is 0.757. The largest absolute Gasteiger partial charge is 0.351 e. The molecule has 3 aromatic rings. The fourth-order valence-electron chi connectivity index (χ4n) is 1.88. The molecule has 0 aliphatic heterocycles. The number of rotatable bonds is 2. The van der Waals surface area contributed by atoms with Gasteiger partial charge in [-0.25, -0.2) is 4.98 Å². The normalized spacial score (nSPS) is 11.1. The van der Waals surface area contributed by atoms with E-state index in [1.54, 1.807) is 6.33 Å². The van der Waals surface area contributed by atoms with Crippen molar-refractivity contribution in [2.75, 3.05) is 0 Å². The average Bonchev–Trinajstić information content (AvgIpc) is 2.90. The molecule has 0 aliphatic carbocycles. The second kappa shape index (κ2) is 3.68. The Bertz CT molecular complexity index is 610. The standard InChI is InChI=1S/C12H10ClN3/c13-11-2-1-3-12-10(11)4-5-16(12)7-9-6-14-8-15-9/h1-6,8H,7H2,(H,14,15). The lowest BCUT2D eigenvalue weighted by molar-refractivity contribution is 0.814. The van der Waals surface area contributed by atoms with Crippen molar-refractivity contribution in [1.82, 2.24) is 14.5 Å². The zero-order valence-corrected chi connectivity index (χ0v) is 9.28. The number of nitrogens with zero attached hydrogens (tertiary/aromatic N) is 2. The summed E-state index contributed by atoms with van der Waals surface area (Å²) in [5.74, 6) is 0. The number of hydrogen-bond acceptors (Lipinski definition) is 1. The first kappa shape index (κ1) is 9.48. The van der Waals surface area contributed by atoms with Gasteiger partial charge in [0.1, 0.15) is 0 Å². The number of hydrogen-bond donors (Lipinski definition) is 1. The van der Waals surface area contributed by atoms with Gasteiger partial charge in [-0.15, -0.1) is 0 Å². The minimum Gasteiger partial charge on any atom is -0.351 e. The molecule has 0 radical (unpaired) electrons. The third-order valence-electron chi connectivity index (χ3n) is 2.65. The Morgan fingerprint density at radius 2 is 2.25 bits per heavy atom. The highest BCUT2D eigenvalue weighted by molar-refractivity contribution is 6.35. The maximum Gasteiger partial charge on any atom is 0.0923 e. The highest BCUT2D eigenvalue weighted by Gasteiger charge is 2.04. The molecule has 2 heterocycles. The van der Waals surface area contributed by atoms with E-state index in [1.807, 2.05) is 30.6 Å². The quantitative estimate of drug-likeness (QED) is 0.723. The molecule has 0 spiro atoms. The maximum absolute atomic E-state index is 6.12. The van der Waals surface area contributed by atoms with Crippen LogP contribution in [0.4, 0.5) is 0 Å². The van der Waals surface area contributed by atoms with Crippen molar-refractivity contribution in [3.63, 3.8) is 0 Å². The fourth-order valence-corrected chi connectivity index (χ4v) is 2.11. The van der Waals surface area contributed by atoms with Crippen LogP contribution < -0.4 is 0 Å². The summed E-state index contributed by atoms with van der Waals surface area (Å²) >= 11 is 6.12. The topological polar surface area (TPSA) is 33.6 Å². The smallest absolute Gasteiger partial charge is 0.0923 e. The Morgan fingerprint density at radius 3 is 3.06 bits per heavy atom. The van der Waals surface area contributed by atoms with Gasteiger partial charge in [-0.2, -0.15) is 0 Å². The maximum atomic E-state index is 6.12. The summed E-state index contributed by atoms with van der Waals surface area (Å²) in [5.41, 5.74) is 2.15. The van der Waals surface area contributed by atoms with Crippen LogP contribution in [-0.2, 0) is 6.54 Å². The number of imidazole rings is 1. The lowest BCUT2D eigenvalue weighted by atomic mass is 10.2. The first-order chi connectivity index (χ1) is 7.84. The molecule has 0 saturated carbocycles. The zero-order chi connectivity index (χ0) is 11.0. The van der Waals surface area contributed by atoms with Crippen molar-refractivity contribution in [1.29, 1.82) is 0 Å². The highest BCUT2D eigenvalue weighted by atomic mass is 35.5. The van der Waals surface area contributed by atoms with Crippen molar-refractivity contribution in [2.45, 2.75) is 6.54 Å². The van der Waals surface area contributed by atoms with E-state index in [-0.39, 0.29) is 0 Å².